The molecule has 3 aliphatic heterocycles. The summed E-state index contributed by atoms with van der Waals surface area (Å²) in [5, 5.41) is 24.1. The number of benzene rings is 2. The average molecular weight is 929 g/mol. The average Bonchev–Trinajstić information content (AvgIpc) is 4.00. The number of fused-ring (bicyclic) bond motifs is 2. The van der Waals surface area contributed by atoms with Crippen molar-refractivity contribution >= 4 is 47.3 Å². The van der Waals surface area contributed by atoms with Gasteiger partial charge in [-0.2, -0.15) is 0 Å². The van der Waals surface area contributed by atoms with Gasteiger partial charge in [-0.15, -0.1) is 0 Å². The smallest absolute Gasteiger partial charge is 0.246 e. The summed E-state index contributed by atoms with van der Waals surface area (Å²) in [7, 11) is 0. The standard InChI is InChI=1S/C49H68N8O10/c1-7-29(5)41-46(63)52-36(26-31-13-17-33(58)18-14-31)48(65)57-23-10-12-39(57)45(62)55-42(30(6)8-2)47(64)53-37(27-40(50)59)49(66)56-22-9-11-38(56)44(61)51-35(43(60)54-41)25-32-15-19-34(20-16-32)67-24-21-28(3)4/h13-21,29-30,35-39,41-42,58H,7-12,22-27H2,1-6H3,(H2,50,59)(H,51,61)(H,52,63)(H,53,64)(H,54,60)(H,55,62). The zero-order valence-electron chi connectivity index (χ0n) is 39.5. The maximum Gasteiger partial charge on any atom is 0.246 e. The summed E-state index contributed by atoms with van der Waals surface area (Å²) in [4.78, 5) is 116. The molecule has 8 N–H and O–H groups in total. The molecule has 0 saturated carbocycles. The molecule has 18 heteroatoms. The summed E-state index contributed by atoms with van der Waals surface area (Å²) >= 11 is 0. The summed E-state index contributed by atoms with van der Waals surface area (Å²) in [6, 6.07) is 4.60. The lowest BCUT2D eigenvalue weighted by atomic mass is 9.96. The number of ether oxygens (including phenoxy) is 1. The second kappa shape index (κ2) is 23.8. The highest BCUT2D eigenvalue weighted by atomic mass is 16.5. The Balaban J connectivity index is 1.58. The number of phenolic OH excluding ortho intramolecular Hbond substituents is 1. The number of hydrogen-bond acceptors (Lipinski definition) is 10. The number of nitrogens with two attached hydrogens (primary N) is 1. The van der Waals surface area contributed by atoms with Crippen molar-refractivity contribution in [2.45, 2.75) is 142 Å². The monoisotopic (exact) mass is 929 g/mol. The molecule has 67 heavy (non-hydrogen) atoms. The summed E-state index contributed by atoms with van der Waals surface area (Å²) in [5.41, 5.74) is 7.94. The molecule has 3 heterocycles. The van der Waals surface area contributed by atoms with Gasteiger partial charge in [0, 0.05) is 25.9 Å². The largest absolute Gasteiger partial charge is 0.508 e. The molecule has 0 bridgehead atoms. The SMILES string of the molecule is CCC(C)C1NC(=O)C(Cc2ccc(OCC=C(C)C)cc2)NC(=O)C2CCCN2C(=O)C(CC(N)=O)NC(=O)C(C(C)CC)NC(=O)C2CCCN2C(=O)C(Cc2ccc(O)cc2)NC1=O. The number of carbonyl (C=O) groups excluding carboxylic acids is 8. The number of rotatable bonds is 13. The van der Waals surface area contributed by atoms with Crippen molar-refractivity contribution in [2.75, 3.05) is 19.7 Å². The lowest BCUT2D eigenvalue weighted by molar-refractivity contribution is -0.144. The van der Waals surface area contributed by atoms with Gasteiger partial charge in [0.25, 0.3) is 0 Å². The molecule has 18 nitrogen and oxygen atoms in total. The summed E-state index contributed by atoms with van der Waals surface area (Å²) in [5.74, 6) is -5.99. The van der Waals surface area contributed by atoms with E-state index in [2.05, 4.69) is 26.6 Å². The van der Waals surface area contributed by atoms with Crippen LogP contribution in [0, 0.1) is 11.8 Å². The van der Waals surface area contributed by atoms with Crippen LogP contribution in [0.4, 0.5) is 0 Å². The maximum atomic E-state index is 14.7. The number of amides is 8. The summed E-state index contributed by atoms with van der Waals surface area (Å²) in [6.45, 7) is 11.7. The van der Waals surface area contributed by atoms with Crippen molar-refractivity contribution in [2.24, 2.45) is 17.6 Å². The number of primary amides is 1. The van der Waals surface area contributed by atoms with E-state index in [4.69, 9.17) is 10.5 Å². The zero-order chi connectivity index (χ0) is 48.9. The minimum absolute atomic E-state index is 0.00176. The van der Waals surface area contributed by atoms with E-state index in [0.29, 0.717) is 49.2 Å². The van der Waals surface area contributed by atoms with Crippen molar-refractivity contribution in [1.29, 1.82) is 0 Å². The van der Waals surface area contributed by atoms with Crippen molar-refractivity contribution in [3.63, 3.8) is 0 Å². The number of carbonyl (C=O) groups is 8. The molecule has 2 aromatic rings. The molecule has 0 aliphatic carbocycles. The van der Waals surface area contributed by atoms with Crippen LogP contribution in [-0.2, 0) is 51.2 Å². The first-order valence-corrected chi connectivity index (χ1v) is 23.4. The van der Waals surface area contributed by atoms with Gasteiger partial charge in [-0.25, -0.2) is 0 Å². The van der Waals surface area contributed by atoms with Gasteiger partial charge >= 0.3 is 0 Å². The fraction of sp³-hybridized carbons (Fsp3) is 0.551. The normalized spacial score (nSPS) is 25.5. The highest BCUT2D eigenvalue weighted by Gasteiger charge is 2.43. The van der Waals surface area contributed by atoms with Gasteiger partial charge in [0.15, 0.2) is 0 Å². The first kappa shape index (κ1) is 51.5. The first-order valence-electron chi connectivity index (χ1n) is 23.4. The van der Waals surface area contributed by atoms with Crippen molar-refractivity contribution in [3.05, 3.63) is 71.3 Å². The number of aromatic hydroxyl groups is 1. The Morgan fingerprint density at radius 2 is 1.12 bits per heavy atom. The Bertz CT molecular complexity index is 2140. The van der Waals surface area contributed by atoms with Gasteiger partial charge in [0.2, 0.25) is 47.3 Å². The molecule has 3 fully saturated rings. The third kappa shape index (κ3) is 13.8. The van der Waals surface area contributed by atoms with Crippen molar-refractivity contribution in [3.8, 4) is 11.5 Å². The van der Waals surface area contributed by atoms with Gasteiger partial charge in [-0.3, -0.25) is 38.4 Å². The Kier molecular flexibility index (Phi) is 18.3. The number of hydrogen-bond donors (Lipinski definition) is 7. The molecule has 0 radical (unpaired) electrons. The van der Waals surface area contributed by atoms with Crippen molar-refractivity contribution in [1.82, 2.24) is 36.4 Å². The Labute approximate surface area is 392 Å². The summed E-state index contributed by atoms with van der Waals surface area (Å²) < 4.78 is 5.82. The van der Waals surface area contributed by atoms with Crippen LogP contribution in [0.5, 0.6) is 11.5 Å². The lowest BCUT2D eigenvalue weighted by Gasteiger charge is -2.32. The number of phenols is 1. The Hall–Kier alpha value is -6.46. The van der Waals surface area contributed by atoms with Crippen LogP contribution in [0.25, 0.3) is 0 Å². The molecule has 5 rings (SSSR count). The van der Waals surface area contributed by atoms with Crippen LogP contribution in [-0.4, -0.2) is 124 Å². The van der Waals surface area contributed by atoms with E-state index in [1.165, 1.54) is 21.9 Å². The minimum Gasteiger partial charge on any atom is -0.508 e. The molecular formula is C49H68N8O10. The van der Waals surface area contributed by atoms with Gasteiger partial charge in [0.05, 0.1) is 6.42 Å². The fourth-order valence-corrected chi connectivity index (χ4v) is 8.64. The fourth-order valence-electron chi connectivity index (χ4n) is 8.64. The predicted molar refractivity (Wildman–Crippen MR) is 249 cm³/mol. The highest BCUT2D eigenvalue weighted by Crippen LogP contribution is 2.24. The molecule has 0 aromatic heterocycles. The van der Waals surface area contributed by atoms with Crippen LogP contribution in [0.1, 0.15) is 97.6 Å². The molecule has 0 spiro atoms. The van der Waals surface area contributed by atoms with Crippen LogP contribution in [0.2, 0.25) is 0 Å². The van der Waals surface area contributed by atoms with E-state index in [-0.39, 0.29) is 44.5 Å². The van der Waals surface area contributed by atoms with E-state index in [0.717, 1.165) is 5.57 Å². The number of nitrogens with zero attached hydrogens (tertiary/aromatic N) is 2. The lowest BCUT2D eigenvalue weighted by Crippen LogP contribution is -2.61. The molecule has 8 amide bonds. The van der Waals surface area contributed by atoms with Gasteiger partial charge in [-0.1, -0.05) is 70.4 Å². The quantitative estimate of drug-likeness (QED) is 0.144. The van der Waals surface area contributed by atoms with Crippen LogP contribution < -0.4 is 37.1 Å². The van der Waals surface area contributed by atoms with E-state index in [9.17, 15) is 43.5 Å². The zero-order valence-corrected chi connectivity index (χ0v) is 39.5. The first-order chi connectivity index (χ1) is 31.9. The highest BCUT2D eigenvalue weighted by molar-refractivity contribution is 6.00. The van der Waals surface area contributed by atoms with E-state index in [1.807, 2.05) is 33.8 Å². The van der Waals surface area contributed by atoms with E-state index < -0.39 is 108 Å². The molecule has 3 saturated heterocycles. The third-order valence-electron chi connectivity index (χ3n) is 13.0. The van der Waals surface area contributed by atoms with Crippen molar-refractivity contribution < 1.29 is 48.2 Å². The van der Waals surface area contributed by atoms with Crippen LogP contribution in [0.3, 0.4) is 0 Å². The van der Waals surface area contributed by atoms with Gasteiger partial charge in [-0.05, 0) is 92.8 Å². The second-order valence-electron chi connectivity index (χ2n) is 18.3. The predicted octanol–water partition coefficient (Wildman–Crippen LogP) is 1.91. The second-order valence-corrected chi connectivity index (χ2v) is 18.3. The Morgan fingerprint density at radius 1 is 0.672 bits per heavy atom. The number of nitrogens with one attached hydrogen (secondary N) is 5. The minimum atomic E-state index is -1.49. The topological polar surface area (TPSA) is 259 Å². The maximum absolute atomic E-state index is 14.7. The molecule has 3 aliphatic rings. The molecule has 2 aromatic carbocycles. The molecular weight excluding hydrogens is 861 g/mol. The van der Waals surface area contributed by atoms with Gasteiger partial charge < -0.3 is 52.0 Å². The Morgan fingerprint density at radius 3 is 1.63 bits per heavy atom. The van der Waals surface area contributed by atoms with E-state index in [1.54, 1.807) is 50.2 Å². The number of allylic oxidation sites excluding steroid dienone is 1. The molecule has 9 atom stereocenters. The third-order valence-corrected chi connectivity index (χ3v) is 13.0. The van der Waals surface area contributed by atoms with E-state index >= 15 is 0 Å². The molecule has 364 valence electrons. The van der Waals surface area contributed by atoms with Crippen LogP contribution in [0.15, 0.2) is 60.2 Å². The molecule has 9 unspecified atom stereocenters. The summed E-state index contributed by atoms with van der Waals surface area (Å²) in [6.07, 6.45) is 3.44. The van der Waals surface area contributed by atoms with Gasteiger partial charge in [0.1, 0.15) is 60.4 Å². The van der Waals surface area contributed by atoms with Crippen LogP contribution >= 0.6 is 0 Å².